The maximum absolute atomic E-state index is 12.2. The Morgan fingerprint density at radius 3 is 2.85 bits per heavy atom. The Balaban J connectivity index is 2.13. The average Bonchev–Trinajstić information content (AvgIpc) is 2.99. The molecule has 2 aromatic heterocycles. The van der Waals surface area contributed by atoms with Crippen LogP contribution >= 0.6 is 11.5 Å². The van der Waals surface area contributed by atoms with Gasteiger partial charge in [-0.2, -0.15) is 4.37 Å². The molecule has 0 atom stereocenters. The van der Waals surface area contributed by atoms with Gasteiger partial charge in [-0.05, 0) is 11.5 Å². The SMILES string of the molecule is CN(C)S(=O)(=O)c1c(N)nsc1NCCn1ccnn1. The molecule has 11 heteroatoms. The number of nitrogen functional groups attached to an aromatic ring is 1. The third kappa shape index (κ3) is 2.89. The zero-order valence-electron chi connectivity index (χ0n) is 11.0. The van der Waals surface area contributed by atoms with E-state index in [1.54, 1.807) is 17.1 Å². The van der Waals surface area contributed by atoms with Gasteiger partial charge in [-0.15, -0.1) is 5.10 Å². The van der Waals surface area contributed by atoms with Crippen LogP contribution in [0.1, 0.15) is 0 Å². The summed E-state index contributed by atoms with van der Waals surface area (Å²) in [5, 5.41) is 10.9. The van der Waals surface area contributed by atoms with E-state index in [-0.39, 0.29) is 10.7 Å². The van der Waals surface area contributed by atoms with Gasteiger partial charge in [0, 0.05) is 26.8 Å². The molecule has 20 heavy (non-hydrogen) atoms. The Morgan fingerprint density at radius 2 is 2.25 bits per heavy atom. The highest BCUT2D eigenvalue weighted by molar-refractivity contribution is 7.89. The summed E-state index contributed by atoms with van der Waals surface area (Å²) >= 11 is 1.02. The molecule has 0 saturated heterocycles. The van der Waals surface area contributed by atoms with Crippen molar-refractivity contribution in [1.82, 2.24) is 23.7 Å². The summed E-state index contributed by atoms with van der Waals surface area (Å²) in [5.74, 6) is 0.00644. The molecule has 0 aliphatic rings. The summed E-state index contributed by atoms with van der Waals surface area (Å²) < 4.78 is 31.0. The highest BCUT2D eigenvalue weighted by Crippen LogP contribution is 2.32. The number of aromatic nitrogens is 4. The van der Waals surface area contributed by atoms with E-state index in [9.17, 15) is 8.42 Å². The quantitative estimate of drug-likeness (QED) is 0.749. The molecule has 0 fully saturated rings. The lowest BCUT2D eigenvalue weighted by Gasteiger charge is -2.12. The van der Waals surface area contributed by atoms with Crippen LogP contribution < -0.4 is 11.1 Å². The maximum Gasteiger partial charge on any atom is 0.249 e. The molecule has 0 unspecified atom stereocenters. The monoisotopic (exact) mass is 317 g/mol. The third-order valence-electron chi connectivity index (χ3n) is 2.51. The molecule has 0 aliphatic carbocycles. The molecule has 3 N–H and O–H groups in total. The van der Waals surface area contributed by atoms with E-state index in [2.05, 4.69) is 20.0 Å². The van der Waals surface area contributed by atoms with Crippen LogP contribution in [-0.2, 0) is 16.6 Å². The molecule has 0 saturated carbocycles. The summed E-state index contributed by atoms with van der Waals surface area (Å²) in [6, 6.07) is 0. The molecule has 2 aromatic rings. The van der Waals surface area contributed by atoms with E-state index in [1.165, 1.54) is 14.1 Å². The number of hydrogen-bond acceptors (Lipinski definition) is 8. The first-order valence-corrected chi connectivity index (χ1v) is 7.90. The molecule has 2 heterocycles. The fraction of sp³-hybridized carbons (Fsp3) is 0.444. The van der Waals surface area contributed by atoms with E-state index in [0.29, 0.717) is 18.1 Å². The lowest BCUT2D eigenvalue weighted by atomic mass is 10.5. The Morgan fingerprint density at radius 1 is 1.50 bits per heavy atom. The van der Waals surface area contributed by atoms with Crippen molar-refractivity contribution in [3.63, 3.8) is 0 Å². The number of anilines is 2. The highest BCUT2D eigenvalue weighted by Gasteiger charge is 2.27. The maximum atomic E-state index is 12.2. The molecule has 0 amide bonds. The van der Waals surface area contributed by atoms with Gasteiger partial charge >= 0.3 is 0 Å². The highest BCUT2D eigenvalue weighted by atomic mass is 32.2. The van der Waals surface area contributed by atoms with Crippen molar-refractivity contribution in [2.45, 2.75) is 11.4 Å². The van der Waals surface area contributed by atoms with E-state index < -0.39 is 10.0 Å². The average molecular weight is 317 g/mol. The number of hydrogen-bond donors (Lipinski definition) is 2. The van der Waals surface area contributed by atoms with E-state index in [0.717, 1.165) is 15.8 Å². The second kappa shape index (κ2) is 5.73. The van der Waals surface area contributed by atoms with Gasteiger partial charge in [-0.25, -0.2) is 12.7 Å². The minimum absolute atomic E-state index is 0.00644. The molecule has 110 valence electrons. The van der Waals surface area contributed by atoms with Gasteiger partial charge in [-0.1, -0.05) is 5.21 Å². The Labute approximate surface area is 120 Å². The fourth-order valence-electron chi connectivity index (χ4n) is 1.47. The fourth-order valence-corrected chi connectivity index (χ4v) is 3.58. The molecular weight excluding hydrogens is 302 g/mol. The Hall–Kier alpha value is -1.72. The smallest absolute Gasteiger partial charge is 0.249 e. The molecule has 9 nitrogen and oxygen atoms in total. The van der Waals surface area contributed by atoms with Gasteiger partial charge in [0.05, 0.1) is 12.7 Å². The first-order chi connectivity index (χ1) is 9.43. The summed E-state index contributed by atoms with van der Waals surface area (Å²) in [4.78, 5) is 0.0195. The molecule has 0 bridgehead atoms. The van der Waals surface area contributed by atoms with Gasteiger partial charge in [0.2, 0.25) is 10.0 Å². The zero-order valence-corrected chi connectivity index (χ0v) is 12.6. The zero-order chi connectivity index (χ0) is 14.8. The number of nitrogens with zero attached hydrogens (tertiary/aromatic N) is 5. The van der Waals surface area contributed by atoms with Crippen LogP contribution in [0.25, 0.3) is 0 Å². The number of rotatable bonds is 6. The van der Waals surface area contributed by atoms with Crippen LogP contribution in [-0.4, -0.2) is 52.7 Å². The number of nitrogens with two attached hydrogens (primary N) is 1. The lowest BCUT2D eigenvalue weighted by Crippen LogP contribution is -2.24. The van der Waals surface area contributed by atoms with Crippen LogP contribution in [0.5, 0.6) is 0 Å². The lowest BCUT2D eigenvalue weighted by molar-refractivity contribution is 0.521. The van der Waals surface area contributed by atoms with E-state index >= 15 is 0 Å². The molecule has 0 aromatic carbocycles. The summed E-state index contributed by atoms with van der Waals surface area (Å²) in [6.07, 6.45) is 3.30. The molecule has 0 aliphatic heterocycles. The van der Waals surface area contributed by atoms with Crippen molar-refractivity contribution in [2.75, 3.05) is 31.7 Å². The van der Waals surface area contributed by atoms with Crippen molar-refractivity contribution in [1.29, 1.82) is 0 Å². The van der Waals surface area contributed by atoms with Crippen molar-refractivity contribution in [3.05, 3.63) is 12.4 Å². The van der Waals surface area contributed by atoms with Gasteiger partial charge < -0.3 is 11.1 Å². The second-order valence-electron chi connectivity index (χ2n) is 4.11. The Bertz CT molecular complexity index is 663. The van der Waals surface area contributed by atoms with Crippen LogP contribution in [0.3, 0.4) is 0 Å². The van der Waals surface area contributed by atoms with Crippen molar-refractivity contribution in [3.8, 4) is 0 Å². The second-order valence-corrected chi connectivity index (χ2v) is 6.97. The molecule has 2 rings (SSSR count). The Kier molecular flexibility index (Phi) is 4.20. The first kappa shape index (κ1) is 14.7. The van der Waals surface area contributed by atoms with Crippen LogP contribution in [0.4, 0.5) is 10.8 Å². The first-order valence-electron chi connectivity index (χ1n) is 5.68. The van der Waals surface area contributed by atoms with Gasteiger partial charge in [-0.3, -0.25) is 4.68 Å². The van der Waals surface area contributed by atoms with Gasteiger partial charge in [0.25, 0.3) is 0 Å². The third-order valence-corrected chi connectivity index (χ3v) is 5.35. The number of sulfonamides is 1. The topological polar surface area (TPSA) is 119 Å². The van der Waals surface area contributed by atoms with E-state index in [4.69, 9.17) is 5.73 Å². The predicted molar refractivity (Wildman–Crippen MR) is 75.9 cm³/mol. The minimum atomic E-state index is -3.62. The predicted octanol–water partition coefficient (Wildman–Crippen LogP) is -0.321. The van der Waals surface area contributed by atoms with E-state index in [1.807, 2.05) is 0 Å². The normalized spacial score (nSPS) is 11.9. The van der Waals surface area contributed by atoms with Crippen molar-refractivity contribution < 1.29 is 8.42 Å². The van der Waals surface area contributed by atoms with Crippen LogP contribution in [0, 0.1) is 0 Å². The molecular formula is C9H15N7O2S2. The van der Waals surface area contributed by atoms with Crippen LogP contribution in [0.2, 0.25) is 0 Å². The van der Waals surface area contributed by atoms with Crippen LogP contribution in [0.15, 0.2) is 17.3 Å². The minimum Gasteiger partial charge on any atom is -0.382 e. The summed E-state index contributed by atoms with van der Waals surface area (Å²) in [7, 11) is -0.720. The summed E-state index contributed by atoms with van der Waals surface area (Å²) in [5.41, 5.74) is 5.66. The summed E-state index contributed by atoms with van der Waals surface area (Å²) in [6.45, 7) is 1.04. The van der Waals surface area contributed by atoms with Crippen molar-refractivity contribution >= 4 is 32.4 Å². The van der Waals surface area contributed by atoms with Gasteiger partial charge in [0.1, 0.15) is 5.00 Å². The van der Waals surface area contributed by atoms with Crippen molar-refractivity contribution in [2.24, 2.45) is 0 Å². The standard InChI is InChI=1S/C9H15N7O2S2/c1-15(2)20(17,18)7-8(10)13-19-9(7)11-3-5-16-6-4-12-14-16/h4,6,11H,3,5H2,1-2H3,(H2,10,13). The van der Waals surface area contributed by atoms with Gasteiger partial charge in [0.15, 0.2) is 10.7 Å². The number of nitrogens with one attached hydrogen (secondary N) is 1. The molecule has 0 spiro atoms. The molecule has 0 radical (unpaired) electrons. The largest absolute Gasteiger partial charge is 0.382 e.